The molecule has 3 amide bonds. The zero-order valence-corrected chi connectivity index (χ0v) is 15.7. The summed E-state index contributed by atoms with van der Waals surface area (Å²) in [6.45, 7) is 2.02. The molecule has 0 radical (unpaired) electrons. The van der Waals surface area contributed by atoms with Gasteiger partial charge >= 0.3 is 0 Å². The molecule has 142 valence electrons. The minimum Gasteiger partial charge on any atom is -0.322 e. The molecule has 1 fully saturated rings. The lowest BCUT2D eigenvalue weighted by molar-refractivity contribution is -0.122. The fourth-order valence-electron chi connectivity index (χ4n) is 4.04. The van der Waals surface area contributed by atoms with Crippen LogP contribution in [0.5, 0.6) is 0 Å². The van der Waals surface area contributed by atoms with Gasteiger partial charge in [-0.2, -0.15) is 0 Å². The molecule has 2 aromatic rings. The third-order valence-corrected chi connectivity index (χ3v) is 5.54. The van der Waals surface area contributed by atoms with Crippen LogP contribution in [-0.4, -0.2) is 17.7 Å². The van der Waals surface area contributed by atoms with Crippen molar-refractivity contribution in [3.05, 3.63) is 71.8 Å². The van der Waals surface area contributed by atoms with E-state index >= 15 is 0 Å². The largest absolute Gasteiger partial charge is 0.322 e. The van der Waals surface area contributed by atoms with Crippen LogP contribution in [0.2, 0.25) is 0 Å². The highest BCUT2D eigenvalue weighted by atomic mass is 16.2. The maximum atomic E-state index is 13.0. The van der Waals surface area contributed by atoms with Crippen molar-refractivity contribution in [1.29, 1.82) is 0 Å². The first-order valence-electron chi connectivity index (χ1n) is 9.63. The summed E-state index contributed by atoms with van der Waals surface area (Å²) < 4.78 is 0. The third kappa shape index (κ3) is 3.03. The summed E-state index contributed by atoms with van der Waals surface area (Å²) in [6.07, 6.45) is 5.85. The molecule has 5 heteroatoms. The van der Waals surface area contributed by atoms with E-state index < -0.39 is 0 Å². The maximum absolute atomic E-state index is 13.0. The van der Waals surface area contributed by atoms with E-state index in [4.69, 9.17) is 0 Å². The average Bonchev–Trinajstić information content (AvgIpc) is 2.99. The monoisotopic (exact) mass is 374 g/mol. The zero-order valence-electron chi connectivity index (χ0n) is 15.7. The van der Waals surface area contributed by atoms with Crippen molar-refractivity contribution in [2.24, 2.45) is 11.8 Å². The Morgan fingerprint density at radius 2 is 1.57 bits per heavy atom. The van der Waals surface area contributed by atoms with Crippen LogP contribution >= 0.6 is 0 Å². The molecule has 2 aromatic carbocycles. The summed E-state index contributed by atoms with van der Waals surface area (Å²) in [5.41, 5.74) is 2.44. The van der Waals surface area contributed by atoms with Gasteiger partial charge in [-0.15, -0.1) is 0 Å². The van der Waals surface area contributed by atoms with E-state index in [2.05, 4.69) is 5.32 Å². The number of nitrogens with one attached hydrogen (secondary N) is 1. The number of rotatable bonds is 4. The van der Waals surface area contributed by atoms with Crippen LogP contribution in [0, 0.1) is 11.8 Å². The van der Waals surface area contributed by atoms with Crippen LogP contribution in [0.3, 0.4) is 0 Å². The Morgan fingerprint density at radius 1 is 0.964 bits per heavy atom. The number of hydrogen-bond acceptors (Lipinski definition) is 3. The SMILES string of the molecule is CCc1ccccc1NC(=O)c1ccccc1N1C(=O)[C@@H]2CC=CC[C@H]2C1=O. The van der Waals surface area contributed by atoms with Gasteiger partial charge in [0.05, 0.1) is 23.1 Å². The summed E-state index contributed by atoms with van der Waals surface area (Å²) >= 11 is 0. The lowest BCUT2D eigenvalue weighted by Gasteiger charge is -2.19. The number of amides is 3. The molecule has 1 saturated heterocycles. The minimum atomic E-state index is -0.329. The van der Waals surface area contributed by atoms with E-state index in [0.717, 1.165) is 17.7 Å². The second kappa shape index (κ2) is 7.43. The fraction of sp³-hybridized carbons (Fsp3) is 0.261. The number of hydrogen-bond donors (Lipinski definition) is 1. The fourth-order valence-corrected chi connectivity index (χ4v) is 4.04. The van der Waals surface area contributed by atoms with Crippen molar-refractivity contribution < 1.29 is 14.4 Å². The summed E-state index contributed by atoms with van der Waals surface area (Å²) in [5.74, 6) is -1.41. The van der Waals surface area contributed by atoms with Gasteiger partial charge in [-0.1, -0.05) is 49.4 Å². The van der Waals surface area contributed by atoms with Crippen LogP contribution in [-0.2, 0) is 16.0 Å². The number of para-hydroxylation sites is 2. The maximum Gasteiger partial charge on any atom is 0.257 e. The summed E-state index contributed by atoms with van der Waals surface area (Å²) in [4.78, 5) is 40.1. The molecule has 0 spiro atoms. The number of anilines is 2. The van der Waals surface area contributed by atoms with Crippen molar-refractivity contribution >= 4 is 29.1 Å². The molecule has 5 nitrogen and oxygen atoms in total. The lowest BCUT2D eigenvalue weighted by atomic mass is 9.85. The van der Waals surface area contributed by atoms with Gasteiger partial charge in [0, 0.05) is 5.69 Å². The Balaban J connectivity index is 1.67. The van der Waals surface area contributed by atoms with Gasteiger partial charge in [-0.25, -0.2) is 4.90 Å². The molecule has 1 heterocycles. The lowest BCUT2D eigenvalue weighted by Crippen LogP contribution is -2.33. The van der Waals surface area contributed by atoms with Crippen LogP contribution in [0.25, 0.3) is 0 Å². The Kier molecular flexibility index (Phi) is 4.82. The first kappa shape index (κ1) is 18.2. The minimum absolute atomic E-state index is 0.214. The van der Waals surface area contributed by atoms with Crippen molar-refractivity contribution in [2.75, 3.05) is 10.2 Å². The summed E-state index contributed by atoms with van der Waals surface area (Å²) in [7, 11) is 0. The first-order valence-corrected chi connectivity index (χ1v) is 9.63. The molecular formula is C23H22N2O3. The number of aryl methyl sites for hydroxylation is 1. The highest BCUT2D eigenvalue weighted by molar-refractivity contribution is 6.25. The number of carbonyl (C=O) groups excluding carboxylic acids is 3. The number of benzene rings is 2. The van der Waals surface area contributed by atoms with E-state index in [1.54, 1.807) is 24.3 Å². The van der Waals surface area contributed by atoms with E-state index in [0.29, 0.717) is 24.1 Å². The molecule has 0 saturated carbocycles. The molecule has 0 bridgehead atoms. The molecule has 1 aliphatic heterocycles. The summed E-state index contributed by atoms with van der Waals surface area (Å²) in [5, 5.41) is 2.93. The molecular weight excluding hydrogens is 352 g/mol. The normalized spacial score (nSPS) is 21.0. The van der Waals surface area contributed by atoms with Gasteiger partial charge in [-0.3, -0.25) is 14.4 Å². The molecule has 2 aliphatic rings. The van der Waals surface area contributed by atoms with E-state index in [-0.39, 0.29) is 29.6 Å². The van der Waals surface area contributed by atoms with Gasteiger partial charge < -0.3 is 5.32 Å². The molecule has 28 heavy (non-hydrogen) atoms. The number of carbonyl (C=O) groups is 3. The average molecular weight is 374 g/mol. The molecule has 4 rings (SSSR count). The number of nitrogens with zero attached hydrogens (tertiary/aromatic N) is 1. The Morgan fingerprint density at radius 3 is 2.25 bits per heavy atom. The van der Waals surface area contributed by atoms with Crippen molar-refractivity contribution in [1.82, 2.24) is 0 Å². The second-order valence-electron chi connectivity index (χ2n) is 7.15. The third-order valence-electron chi connectivity index (χ3n) is 5.54. The number of imide groups is 1. The van der Waals surface area contributed by atoms with Crippen molar-refractivity contribution in [3.8, 4) is 0 Å². The van der Waals surface area contributed by atoms with E-state index in [1.165, 1.54) is 4.90 Å². The highest BCUT2D eigenvalue weighted by Gasteiger charge is 2.48. The van der Waals surface area contributed by atoms with Crippen molar-refractivity contribution in [2.45, 2.75) is 26.2 Å². The highest BCUT2D eigenvalue weighted by Crippen LogP contribution is 2.38. The molecule has 1 aliphatic carbocycles. The molecule has 2 atom stereocenters. The Labute approximate surface area is 164 Å². The second-order valence-corrected chi connectivity index (χ2v) is 7.15. The van der Waals surface area contributed by atoms with Crippen LogP contribution < -0.4 is 10.2 Å². The van der Waals surface area contributed by atoms with Crippen molar-refractivity contribution in [3.63, 3.8) is 0 Å². The Hall–Kier alpha value is -3.21. The zero-order chi connectivity index (χ0) is 19.7. The van der Waals surface area contributed by atoms with Gasteiger partial charge in [-0.05, 0) is 43.0 Å². The summed E-state index contributed by atoms with van der Waals surface area (Å²) in [6, 6.07) is 14.4. The van der Waals surface area contributed by atoms with E-state index in [9.17, 15) is 14.4 Å². The van der Waals surface area contributed by atoms with Gasteiger partial charge in [0.2, 0.25) is 11.8 Å². The van der Waals surface area contributed by atoms with Crippen LogP contribution in [0.4, 0.5) is 11.4 Å². The predicted molar refractivity (Wildman–Crippen MR) is 108 cm³/mol. The quantitative estimate of drug-likeness (QED) is 0.651. The van der Waals surface area contributed by atoms with Crippen LogP contribution in [0.1, 0.15) is 35.7 Å². The van der Waals surface area contributed by atoms with Gasteiger partial charge in [0.1, 0.15) is 0 Å². The standard InChI is InChI=1S/C23H22N2O3/c1-2-15-9-3-7-13-19(15)24-21(26)18-12-6-8-14-20(18)25-22(27)16-10-4-5-11-17(16)23(25)28/h3-9,12-14,16-17H,2,10-11H2,1H3,(H,24,26)/t16-,17-/m1/s1. The van der Waals surface area contributed by atoms with Gasteiger partial charge in [0.25, 0.3) is 5.91 Å². The predicted octanol–water partition coefficient (Wildman–Crippen LogP) is 3.96. The number of allylic oxidation sites excluding steroid dienone is 2. The number of fused-ring (bicyclic) bond motifs is 1. The topological polar surface area (TPSA) is 66.5 Å². The molecule has 1 N–H and O–H groups in total. The Bertz CT molecular complexity index is 953. The molecule has 0 unspecified atom stereocenters. The van der Waals surface area contributed by atoms with E-state index in [1.807, 2.05) is 43.3 Å². The first-order chi connectivity index (χ1) is 13.6. The van der Waals surface area contributed by atoms with Crippen LogP contribution in [0.15, 0.2) is 60.7 Å². The smallest absolute Gasteiger partial charge is 0.257 e. The van der Waals surface area contributed by atoms with Gasteiger partial charge in [0.15, 0.2) is 0 Å². The molecule has 0 aromatic heterocycles.